The van der Waals surface area contributed by atoms with Crippen LogP contribution in [0.5, 0.6) is 0 Å². The molecule has 0 saturated heterocycles. The van der Waals surface area contributed by atoms with Gasteiger partial charge < -0.3 is 14.8 Å². The molecule has 0 spiro atoms. The number of hydrogen-bond acceptors (Lipinski definition) is 4. The minimum absolute atomic E-state index is 0.107. The van der Waals surface area contributed by atoms with Crippen LogP contribution >= 0.6 is 11.8 Å². The highest BCUT2D eigenvalue weighted by Crippen LogP contribution is 2.33. The number of amides is 1. The molecule has 1 aliphatic rings. The normalized spacial score (nSPS) is 14.8. The Kier molecular flexibility index (Phi) is 8.00. The Balaban J connectivity index is 2.08. The lowest BCUT2D eigenvalue weighted by Crippen LogP contribution is -2.37. The quantitative estimate of drug-likeness (QED) is 0.606. The van der Waals surface area contributed by atoms with Crippen molar-refractivity contribution in [2.45, 2.75) is 32.2 Å². The van der Waals surface area contributed by atoms with Crippen LogP contribution in [0.3, 0.4) is 0 Å². The zero-order valence-corrected chi connectivity index (χ0v) is 17.9. The first-order valence-corrected chi connectivity index (χ1v) is 10.2. The molecule has 0 saturated carbocycles. The molecule has 1 N–H and O–H groups in total. The summed E-state index contributed by atoms with van der Waals surface area (Å²) >= 11 is 1.62. The van der Waals surface area contributed by atoms with Crippen molar-refractivity contribution in [3.63, 3.8) is 0 Å². The van der Waals surface area contributed by atoms with Crippen molar-refractivity contribution < 1.29 is 14.3 Å². The van der Waals surface area contributed by atoms with E-state index in [4.69, 9.17) is 9.47 Å². The van der Waals surface area contributed by atoms with Gasteiger partial charge in [-0.25, -0.2) is 0 Å². The molecule has 5 heteroatoms. The molecule has 2 atom stereocenters. The Morgan fingerprint density at radius 1 is 1.32 bits per heavy atom. The molecule has 0 fully saturated rings. The van der Waals surface area contributed by atoms with Gasteiger partial charge in [-0.15, -0.1) is 11.8 Å². The van der Waals surface area contributed by atoms with Gasteiger partial charge in [-0.1, -0.05) is 44.4 Å². The van der Waals surface area contributed by atoms with Crippen molar-refractivity contribution in [3.05, 3.63) is 76.6 Å². The van der Waals surface area contributed by atoms with Gasteiger partial charge in [0, 0.05) is 18.6 Å². The van der Waals surface area contributed by atoms with Gasteiger partial charge in [-0.2, -0.15) is 0 Å². The summed E-state index contributed by atoms with van der Waals surface area (Å²) in [6.07, 6.45) is 7.05. The molecular weight excluding hydrogens is 370 g/mol. The van der Waals surface area contributed by atoms with Crippen LogP contribution in [-0.2, 0) is 20.7 Å². The SMILES string of the molecule is C=C(OC)C(CSC(=C)C(C)c1ccc2c(c1)CC=CC(OC)=C2)NC(C)=O. The molecule has 4 nitrogen and oxygen atoms in total. The standard InChI is InChI=1S/C23H29NO3S/c1-15(17(3)28-14-23(16(2)26-5)24-18(4)25)19-10-11-21-13-22(27-6)9-7-8-20(21)12-19/h7,9-13,15,23H,2-3,8,14H2,1,4-6H3,(H,24,25). The summed E-state index contributed by atoms with van der Waals surface area (Å²) in [7, 11) is 3.25. The van der Waals surface area contributed by atoms with Crippen LogP contribution in [-0.4, -0.2) is 31.9 Å². The maximum atomic E-state index is 11.4. The van der Waals surface area contributed by atoms with Crippen LogP contribution < -0.4 is 5.32 Å². The Hall–Kier alpha value is -2.40. The number of benzene rings is 1. The van der Waals surface area contributed by atoms with Gasteiger partial charge >= 0.3 is 0 Å². The average molecular weight is 400 g/mol. The topological polar surface area (TPSA) is 47.6 Å². The molecule has 0 bridgehead atoms. The molecule has 2 unspecified atom stereocenters. The van der Waals surface area contributed by atoms with Crippen LogP contribution in [0.4, 0.5) is 0 Å². The molecule has 1 aliphatic carbocycles. The Morgan fingerprint density at radius 3 is 2.71 bits per heavy atom. The van der Waals surface area contributed by atoms with Gasteiger partial charge in [-0.05, 0) is 40.2 Å². The summed E-state index contributed by atoms with van der Waals surface area (Å²) in [6.45, 7) is 11.8. The highest BCUT2D eigenvalue weighted by Gasteiger charge is 2.18. The van der Waals surface area contributed by atoms with Crippen LogP contribution in [0.15, 0.2) is 59.9 Å². The van der Waals surface area contributed by atoms with Crippen molar-refractivity contribution in [2.24, 2.45) is 0 Å². The monoisotopic (exact) mass is 399 g/mol. The number of fused-ring (bicyclic) bond motifs is 1. The predicted octanol–water partition coefficient (Wildman–Crippen LogP) is 4.80. The van der Waals surface area contributed by atoms with Gasteiger partial charge in [-0.3, -0.25) is 4.79 Å². The molecule has 1 amide bonds. The van der Waals surface area contributed by atoms with E-state index in [-0.39, 0.29) is 17.9 Å². The number of carbonyl (C=O) groups is 1. The zero-order chi connectivity index (χ0) is 20.7. The van der Waals surface area contributed by atoms with Gasteiger partial charge in [0.05, 0.1) is 20.3 Å². The van der Waals surface area contributed by atoms with Gasteiger partial charge in [0.1, 0.15) is 11.5 Å². The van der Waals surface area contributed by atoms with E-state index in [0.29, 0.717) is 11.5 Å². The highest BCUT2D eigenvalue weighted by molar-refractivity contribution is 8.03. The first-order chi connectivity index (χ1) is 13.3. The van der Waals surface area contributed by atoms with Crippen molar-refractivity contribution in [1.29, 1.82) is 0 Å². The van der Waals surface area contributed by atoms with E-state index >= 15 is 0 Å². The van der Waals surface area contributed by atoms with Crippen molar-refractivity contribution in [2.75, 3.05) is 20.0 Å². The number of nitrogens with one attached hydrogen (secondary N) is 1. The second-order valence-corrected chi connectivity index (χ2v) is 7.88. The number of hydrogen-bond donors (Lipinski definition) is 1. The summed E-state index contributed by atoms with van der Waals surface area (Å²) < 4.78 is 10.6. The lowest BCUT2D eigenvalue weighted by atomic mass is 9.95. The van der Waals surface area contributed by atoms with Crippen molar-refractivity contribution in [3.8, 4) is 0 Å². The molecule has 0 radical (unpaired) electrons. The molecule has 2 rings (SSSR count). The number of carbonyl (C=O) groups excluding carboxylic acids is 1. The van der Waals surface area contributed by atoms with E-state index < -0.39 is 0 Å². The lowest BCUT2D eigenvalue weighted by molar-refractivity contribution is -0.119. The molecule has 28 heavy (non-hydrogen) atoms. The minimum atomic E-state index is -0.244. The average Bonchev–Trinajstić information content (AvgIpc) is 2.90. The molecule has 0 heterocycles. The van der Waals surface area contributed by atoms with Gasteiger partial charge in [0.15, 0.2) is 0 Å². The number of methoxy groups -OCH3 is 2. The van der Waals surface area contributed by atoms with Gasteiger partial charge in [0.2, 0.25) is 5.91 Å². The Labute approximate surface area is 172 Å². The largest absolute Gasteiger partial charge is 0.500 e. The smallest absolute Gasteiger partial charge is 0.217 e. The fourth-order valence-corrected chi connectivity index (χ4v) is 3.98. The number of rotatable bonds is 9. The second-order valence-electron chi connectivity index (χ2n) is 6.74. The first-order valence-electron chi connectivity index (χ1n) is 9.22. The summed E-state index contributed by atoms with van der Waals surface area (Å²) in [5.41, 5.74) is 3.67. The molecule has 1 aromatic carbocycles. The van der Waals surface area contributed by atoms with Crippen molar-refractivity contribution >= 4 is 23.7 Å². The highest BCUT2D eigenvalue weighted by atomic mass is 32.2. The summed E-state index contributed by atoms with van der Waals surface area (Å²) in [5.74, 6) is 2.11. The van der Waals surface area contributed by atoms with E-state index in [1.165, 1.54) is 23.6 Å². The third-order valence-electron chi connectivity index (χ3n) is 4.77. The fourth-order valence-electron chi connectivity index (χ4n) is 2.95. The molecule has 0 aromatic heterocycles. The predicted molar refractivity (Wildman–Crippen MR) is 118 cm³/mol. The maximum absolute atomic E-state index is 11.4. The van der Waals surface area contributed by atoms with E-state index in [1.807, 2.05) is 6.08 Å². The first kappa shape index (κ1) is 21.9. The van der Waals surface area contributed by atoms with Crippen LogP contribution in [0.2, 0.25) is 0 Å². The maximum Gasteiger partial charge on any atom is 0.217 e. The molecule has 150 valence electrons. The lowest BCUT2D eigenvalue weighted by Gasteiger charge is -2.22. The summed E-state index contributed by atoms with van der Waals surface area (Å²) in [5, 5.41) is 2.87. The summed E-state index contributed by atoms with van der Waals surface area (Å²) in [6, 6.07) is 6.28. The summed E-state index contributed by atoms with van der Waals surface area (Å²) in [4.78, 5) is 12.5. The fraction of sp³-hybridized carbons (Fsp3) is 0.348. The van der Waals surface area contributed by atoms with E-state index in [9.17, 15) is 4.79 Å². The zero-order valence-electron chi connectivity index (χ0n) is 17.1. The minimum Gasteiger partial charge on any atom is -0.500 e. The number of ether oxygens (including phenoxy) is 2. The third-order valence-corrected chi connectivity index (χ3v) is 5.99. The number of allylic oxidation sites excluding steroid dienone is 3. The van der Waals surface area contributed by atoms with Gasteiger partial charge in [0.25, 0.3) is 0 Å². The van der Waals surface area contributed by atoms with E-state index in [1.54, 1.807) is 26.0 Å². The van der Waals surface area contributed by atoms with Crippen molar-refractivity contribution in [1.82, 2.24) is 5.32 Å². The van der Waals surface area contributed by atoms with E-state index in [0.717, 1.165) is 17.1 Å². The second kappa shape index (κ2) is 10.2. The Bertz CT molecular complexity index is 810. The third kappa shape index (κ3) is 5.80. The number of thioether (sulfide) groups is 1. The van der Waals surface area contributed by atoms with Crippen LogP contribution in [0.1, 0.15) is 36.5 Å². The van der Waals surface area contributed by atoms with Crippen LogP contribution in [0, 0.1) is 0 Å². The Morgan fingerprint density at radius 2 is 2.07 bits per heavy atom. The van der Waals surface area contributed by atoms with E-state index in [2.05, 4.69) is 55.7 Å². The molecular formula is C23H29NO3S. The molecule has 0 aliphatic heterocycles. The van der Waals surface area contributed by atoms with Crippen LogP contribution in [0.25, 0.3) is 6.08 Å². The molecule has 1 aromatic rings.